The summed E-state index contributed by atoms with van der Waals surface area (Å²) in [5, 5.41) is 3.14. The van der Waals surface area contributed by atoms with Crippen molar-refractivity contribution in [3.05, 3.63) is 65.2 Å². The highest BCUT2D eigenvalue weighted by atomic mass is 19.1. The fourth-order valence-corrected chi connectivity index (χ4v) is 1.93. The molecule has 0 aliphatic rings. The lowest BCUT2D eigenvalue weighted by Crippen LogP contribution is -2.05. The fourth-order valence-electron chi connectivity index (χ4n) is 1.93. The lowest BCUT2D eigenvalue weighted by molar-refractivity contribution is 0.101. The maximum Gasteiger partial charge on any atom is 0.159 e. The molecule has 104 valence electrons. The Balaban J connectivity index is 1.90. The standard InChI is InChI=1S/C16H15F2NO/c1-11(20)13-2-4-16(5-3-13)19-7-6-12-8-14(17)10-15(18)9-12/h2-5,8-10,19H,6-7H2,1H3. The molecule has 2 aromatic rings. The number of ketones is 1. The van der Waals surface area contributed by atoms with Gasteiger partial charge in [-0.2, -0.15) is 0 Å². The van der Waals surface area contributed by atoms with E-state index in [1.807, 2.05) is 12.1 Å². The molecular weight excluding hydrogens is 260 g/mol. The molecule has 0 spiro atoms. The summed E-state index contributed by atoms with van der Waals surface area (Å²) in [6.07, 6.45) is 0.517. The molecule has 0 fully saturated rings. The van der Waals surface area contributed by atoms with Crippen LogP contribution in [0.5, 0.6) is 0 Å². The highest BCUT2D eigenvalue weighted by molar-refractivity contribution is 5.94. The first-order valence-corrected chi connectivity index (χ1v) is 6.34. The van der Waals surface area contributed by atoms with Crippen LogP contribution >= 0.6 is 0 Å². The molecule has 0 amide bonds. The first kappa shape index (κ1) is 14.2. The molecular formula is C16H15F2NO. The Morgan fingerprint density at radius 3 is 2.20 bits per heavy atom. The van der Waals surface area contributed by atoms with Crippen LogP contribution in [0.25, 0.3) is 0 Å². The number of hydrogen-bond acceptors (Lipinski definition) is 2. The zero-order valence-corrected chi connectivity index (χ0v) is 11.1. The van der Waals surface area contributed by atoms with Crippen molar-refractivity contribution >= 4 is 11.5 Å². The van der Waals surface area contributed by atoms with Crippen LogP contribution in [-0.2, 0) is 6.42 Å². The van der Waals surface area contributed by atoms with Gasteiger partial charge in [0.1, 0.15) is 11.6 Å². The van der Waals surface area contributed by atoms with E-state index < -0.39 is 11.6 Å². The minimum absolute atomic E-state index is 0.0202. The number of anilines is 1. The summed E-state index contributed by atoms with van der Waals surface area (Å²) in [7, 11) is 0. The average Bonchev–Trinajstić information content (AvgIpc) is 2.38. The van der Waals surface area contributed by atoms with Crippen LogP contribution in [0.1, 0.15) is 22.8 Å². The van der Waals surface area contributed by atoms with Crippen molar-refractivity contribution in [1.29, 1.82) is 0 Å². The minimum atomic E-state index is -0.564. The maximum atomic E-state index is 13.0. The second-order valence-corrected chi connectivity index (χ2v) is 4.59. The molecule has 0 heterocycles. The number of carbonyl (C=O) groups excluding carboxylic acids is 1. The minimum Gasteiger partial charge on any atom is -0.385 e. The highest BCUT2D eigenvalue weighted by Crippen LogP contribution is 2.12. The van der Waals surface area contributed by atoms with Gasteiger partial charge in [-0.3, -0.25) is 4.79 Å². The summed E-state index contributed by atoms with van der Waals surface area (Å²) in [4.78, 5) is 11.1. The molecule has 0 saturated heterocycles. The van der Waals surface area contributed by atoms with E-state index in [1.165, 1.54) is 19.1 Å². The van der Waals surface area contributed by atoms with Crippen molar-refractivity contribution < 1.29 is 13.6 Å². The monoisotopic (exact) mass is 275 g/mol. The molecule has 0 bridgehead atoms. The summed E-state index contributed by atoms with van der Waals surface area (Å²) < 4.78 is 26.0. The smallest absolute Gasteiger partial charge is 0.159 e. The van der Waals surface area contributed by atoms with E-state index in [2.05, 4.69) is 5.32 Å². The summed E-state index contributed by atoms with van der Waals surface area (Å²) in [5.41, 5.74) is 2.13. The second-order valence-electron chi connectivity index (χ2n) is 4.59. The molecule has 20 heavy (non-hydrogen) atoms. The van der Waals surface area contributed by atoms with Crippen LogP contribution in [0.15, 0.2) is 42.5 Å². The van der Waals surface area contributed by atoms with Gasteiger partial charge in [0.15, 0.2) is 5.78 Å². The van der Waals surface area contributed by atoms with Gasteiger partial charge in [-0.1, -0.05) is 0 Å². The van der Waals surface area contributed by atoms with E-state index in [1.54, 1.807) is 12.1 Å². The van der Waals surface area contributed by atoms with Crippen LogP contribution in [0.4, 0.5) is 14.5 Å². The van der Waals surface area contributed by atoms with E-state index >= 15 is 0 Å². The van der Waals surface area contributed by atoms with Gasteiger partial charge in [0.2, 0.25) is 0 Å². The number of nitrogens with one attached hydrogen (secondary N) is 1. The zero-order chi connectivity index (χ0) is 14.5. The summed E-state index contributed by atoms with van der Waals surface area (Å²) >= 11 is 0. The summed E-state index contributed by atoms with van der Waals surface area (Å²) in [5.74, 6) is -1.11. The Morgan fingerprint density at radius 1 is 1.05 bits per heavy atom. The quantitative estimate of drug-likeness (QED) is 0.840. The molecule has 0 aliphatic carbocycles. The van der Waals surface area contributed by atoms with Crippen molar-refractivity contribution in [3.8, 4) is 0 Å². The third-order valence-electron chi connectivity index (χ3n) is 2.96. The molecule has 2 rings (SSSR count). The predicted octanol–water partition coefficient (Wildman–Crippen LogP) is 3.82. The molecule has 0 atom stereocenters. The molecule has 4 heteroatoms. The molecule has 2 nitrogen and oxygen atoms in total. The average molecular weight is 275 g/mol. The fraction of sp³-hybridized carbons (Fsp3) is 0.188. The molecule has 0 radical (unpaired) electrons. The normalized spacial score (nSPS) is 10.3. The first-order chi connectivity index (χ1) is 9.54. The van der Waals surface area contributed by atoms with Gasteiger partial charge in [0.25, 0.3) is 0 Å². The summed E-state index contributed by atoms with van der Waals surface area (Å²) in [6.45, 7) is 2.07. The van der Waals surface area contributed by atoms with Gasteiger partial charge in [-0.25, -0.2) is 8.78 Å². The van der Waals surface area contributed by atoms with Gasteiger partial charge >= 0.3 is 0 Å². The molecule has 0 aromatic heterocycles. The Kier molecular flexibility index (Phi) is 4.45. The van der Waals surface area contributed by atoms with Crippen LogP contribution in [0.3, 0.4) is 0 Å². The van der Waals surface area contributed by atoms with Gasteiger partial charge in [-0.15, -0.1) is 0 Å². The number of Topliss-reactive ketones (excluding diaryl/α,β-unsaturated/α-hetero) is 1. The zero-order valence-electron chi connectivity index (χ0n) is 11.1. The third-order valence-corrected chi connectivity index (χ3v) is 2.96. The molecule has 0 unspecified atom stereocenters. The van der Waals surface area contributed by atoms with Crippen molar-refractivity contribution in [1.82, 2.24) is 0 Å². The van der Waals surface area contributed by atoms with Gasteiger partial charge in [0.05, 0.1) is 0 Å². The molecule has 0 aliphatic heterocycles. The second kappa shape index (κ2) is 6.28. The number of hydrogen-bond donors (Lipinski definition) is 1. The van der Waals surface area contributed by atoms with E-state index in [0.717, 1.165) is 11.8 Å². The van der Waals surface area contributed by atoms with E-state index in [0.29, 0.717) is 24.1 Å². The Bertz CT molecular complexity index is 588. The number of carbonyl (C=O) groups is 1. The largest absolute Gasteiger partial charge is 0.385 e. The van der Waals surface area contributed by atoms with Crippen molar-refractivity contribution in [2.24, 2.45) is 0 Å². The van der Waals surface area contributed by atoms with Crippen molar-refractivity contribution in [2.45, 2.75) is 13.3 Å². The lowest BCUT2D eigenvalue weighted by atomic mass is 10.1. The van der Waals surface area contributed by atoms with Crippen LogP contribution in [0, 0.1) is 11.6 Å². The number of rotatable bonds is 5. The van der Waals surface area contributed by atoms with Gasteiger partial charge in [0, 0.05) is 23.9 Å². The molecule has 1 N–H and O–H groups in total. The van der Waals surface area contributed by atoms with E-state index in [4.69, 9.17) is 0 Å². The highest BCUT2D eigenvalue weighted by Gasteiger charge is 2.01. The van der Waals surface area contributed by atoms with Crippen LogP contribution in [0.2, 0.25) is 0 Å². The summed E-state index contributed by atoms with van der Waals surface area (Å²) in [6, 6.07) is 10.6. The van der Waals surface area contributed by atoms with Gasteiger partial charge in [-0.05, 0) is 55.3 Å². The topological polar surface area (TPSA) is 29.1 Å². The SMILES string of the molecule is CC(=O)c1ccc(NCCc2cc(F)cc(F)c2)cc1. The third kappa shape index (κ3) is 3.88. The van der Waals surface area contributed by atoms with Crippen LogP contribution in [-0.4, -0.2) is 12.3 Å². The van der Waals surface area contributed by atoms with Crippen molar-refractivity contribution in [2.75, 3.05) is 11.9 Å². The Morgan fingerprint density at radius 2 is 1.65 bits per heavy atom. The Hall–Kier alpha value is -2.23. The molecule has 2 aromatic carbocycles. The first-order valence-electron chi connectivity index (χ1n) is 6.34. The number of benzene rings is 2. The van der Waals surface area contributed by atoms with E-state index in [9.17, 15) is 13.6 Å². The van der Waals surface area contributed by atoms with Crippen molar-refractivity contribution in [3.63, 3.8) is 0 Å². The van der Waals surface area contributed by atoms with Crippen LogP contribution < -0.4 is 5.32 Å². The van der Waals surface area contributed by atoms with Gasteiger partial charge < -0.3 is 5.32 Å². The molecule has 0 saturated carbocycles. The maximum absolute atomic E-state index is 13.0. The number of halogens is 2. The van der Waals surface area contributed by atoms with E-state index in [-0.39, 0.29) is 5.78 Å². The Labute approximate surface area is 116 Å². The predicted molar refractivity (Wildman–Crippen MR) is 75.0 cm³/mol. The lowest BCUT2D eigenvalue weighted by Gasteiger charge is -2.07.